The van der Waals surface area contributed by atoms with Crippen molar-refractivity contribution in [1.29, 1.82) is 5.26 Å². The van der Waals surface area contributed by atoms with E-state index >= 15 is 0 Å². The smallest absolute Gasteiger partial charge is 0.130 e. The summed E-state index contributed by atoms with van der Waals surface area (Å²) < 4.78 is 26.4. The molecule has 0 aliphatic heterocycles. The Kier molecular flexibility index (Phi) is 4.27. The maximum atomic E-state index is 13.6. The average molecular weight is 250 g/mol. The van der Waals surface area contributed by atoms with Crippen molar-refractivity contribution in [3.8, 4) is 6.07 Å². The number of halogens is 2. The van der Waals surface area contributed by atoms with Crippen LogP contribution in [0.5, 0.6) is 0 Å². The van der Waals surface area contributed by atoms with Gasteiger partial charge in [0, 0.05) is 24.2 Å². The maximum Gasteiger partial charge on any atom is 0.130 e. The lowest BCUT2D eigenvalue weighted by Crippen LogP contribution is -2.33. The molecule has 0 saturated heterocycles. The number of rotatable bonds is 4. The standard InChI is InChI=1S/C14H16F2N2/c15-12-6-5-11(14(16)9-12)10-18(8-7-17)13-3-1-2-4-13/h5-6,9,13H,1-4,8,10H2. The highest BCUT2D eigenvalue weighted by atomic mass is 19.1. The lowest BCUT2D eigenvalue weighted by molar-refractivity contribution is 0.211. The van der Waals surface area contributed by atoms with E-state index in [0.29, 0.717) is 24.7 Å². The quantitative estimate of drug-likeness (QED) is 0.767. The third-order valence-corrected chi connectivity index (χ3v) is 3.50. The van der Waals surface area contributed by atoms with E-state index in [1.165, 1.54) is 25.0 Å². The summed E-state index contributed by atoms with van der Waals surface area (Å²) in [6.45, 7) is 0.672. The largest absolute Gasteiger partial charge is 0.283 e. The second kappa shape index (κ2) is 5.92. The van der Waals surface area contributed by atoms with Gasteiger partial charge in [0.05, 0.1) is 12.6 Å². The molecule has 0 heterocycles. The monoisotopic (exact) mass is 250 g/mol. The van der Waals surface area contributed by atoms with E-state index < -0.39 is 11.6 Å². The summed E-state index contributed by atoms with van der Waals surface area (Å²) in [4.78, 5) is 1.99. The first-order valence-electron chi connectivity index (χ1n) is 6.25. The van der Waals surface area contributed by atoms with E-state index in [0.717, 1.165) is 18.9 Å². The minimum atomic E-state index is -0.566. The molecule has 18 heavy (non-hydrogen) atoms. The zero-order valence-corrected chi connectivity index (χ0v) is 10.2. The number of hydrogen-bond donors (Lipinski definition) is 0. The fourth-order valence-electron chi connectivity index (χ4n) is 2.54. The lowest BCUT2D eigenvalue weighted by Gasteiger charge is -2.26. The zero-order chi connectivity index (χ0) is 13.0. The van der Waals surface area contributed by atoms with Gasteiger partial charge in [0.1, 0.15) is 11.6 Å². The Balaban J connectivity index is 2.10. The highest BCUT2D eigenvalue weighted by Crippen LogP contribution is 2.25. The minimum absolute atomic E-state index is 0.293. The molecule has 0 bridgehead atoms. The predicted molar refractivity (Wildman–Crippen MR) is 64.6 cm³/mol. The molecular formula is C14H16F2N2. The second-order valence-corrected chi connectivity index (χ2v) is 4.74. The van der Waals surface area contributed by atoms with Crippen LogP contribution in [0.3, 0.4) is 0 Å². The average Bonchev–Trinajstić information content (AvgIpc) is 2.85. The molecule has 1 aromatic rings. The van der Waals surface area contributed by atoms with Gasteiger partial charge < -0.3 is 0 Å². The van der Waals surface area contributed by atoms with Crippen molar-refractivity contribution < 1.29 is 8.78 Å². The van der Waals surface area contributed by atoms with Crippen LogP contribution in [-0.4, -0.2) is 17.5 Å². The van der Waals surface area contributed by atoms with Gasteiger partial charge in [-0.1, -0.05) is 18.9 Å². The third kappa shape index (κ3) is 3.05. The van der Waals surface area contributed by atoms with Crippen molar-refractivity contribution in [2.75, 3.05) is 6.54 Å². The van der Waals surface area contributed by atoms with Crippen molar-refractivity contribution in [2.45, 2.75) is 38.3 Å². The Labute approximate surface area is 106 Å². The van der Waals surface area contributed by atoms with Gasteiger partial charge in [-0.25, -0.2) is 8.78 Å². The van der Waals surface area contributed by atoms with Gasteiger partial charge in [-0.15, -0.1) is 0 Å². The van der Waals surface area contributed by atoms with Gasteiger partial charge in [0.15, 0.2) is 0 Å². The fraction of sp³-hybridized carbons (Fsp3) is 0.500. The molecule has 0 spiro atoms. The van der Waals surface area contributed by atoms with Crippen LogP contribution in [0.15, 0.2) is 18.2 Å². The minimum Gasteiger partial charge on any atom is -0.283 e. The molecule has 96 valence electrons. The molecule has 0 atom stereocenters. The molecular weight excluding hydrogens is 234 g/mol. The molecule has 1 aliphatic carbocycles. The molecule has 0 N–H and O–H groups in total. The Morgan fingerprint density at radius 1 is 1.28 bits per heavy atom. The molecule has 0 unspecified atom stereocenters. The molecule has 2 rings (SSSR count). The van der Waals surface area contributed by atoms with E-state index in [1.54, 1.807) is 0 Å². The SMILES string of the molecule is N#CCN(Cc1ccc(F)cc1F)C1CCCC1. The third-order valence-electron chi connectivity index (χ3n) is 3.50. The number of nitriles is 1. The molecule has 1 aliphatic rings. The van der Waals surface area contributed by atoms with Crippen LogP contribution in [0.25, 0.3) is 0 Å². The van der Waals surface area contributed by atoms with E-state index in [9.17, 15) is 8.78 Å². The van der Waals surface area contributed by atoms with Gasteiger partial charge >= 0.3 is 0 Å². The molecule has 2 nitrogen and oxygen atoms in total. The van der Waals surface area contributed by atoms with Crippen LogP contribution in [-0.2, 0) is 6.54 Å². The number of hydrogen-bond acceptors (Lipinski definition) is 2. The topological polar surface area (TPSA) is 27.0 Å². The van der Waals surface area contributed by atoms with Crippen LogP contribution >= 0.6 is 0 Å². The first kappa shape index (κ1) is 13.0. The first-order valence-corrected chi connectivity index (χ1v) is 6.25. The van der Waals surface area contributed by atoms with Crippen molar-refractivity contribution in [2.24, 2.45) is 0 Å². The summed E-state index contributed by atoms with van der Waals surface area (Å²) in [5.74, 6) is -1.10. The van der Waals surface area contributed by atoms with Gasteiger partial charge in [0.25, 0.3) is 0 Å². The van der Waals surface area contributed by atoms with Gasteiger partial charge in [0.2, 0.25) is 0 Å². The van der Waals surface area contributed by atoms with Crippen LogP contribution < -0.4 is 0 Å². The summed E-state index contributed by atoms with van der Waals surface area (Å²) in [6.07, 6.45) is 4.45. The van der Waals surface area contributed by atoms with Gasteiger partial charge in [-0.05, 0) is 18.9 Å². The second-order valence-electron chi connectivity index (χ2n) is 4.74. The highest BCUT2D eigenvalue weighted by molar-refractivity contribution is 5.18. The van der Waals surface area contributed by atoms with Crippen LogP contribution in [0.1, 0.15) is 31.2 Å². The van der Waals surface area contributed by atoms with E-state index in [4.69, 9.17) is 5.26 Å². The molecule has 1 aromatic carbocycles. The van der Waals surface area contributed by atoms with E-state index in [2.05, 4.69) is 6.07 Å². The van der Waals surface area contributed by atoms with E-state index in [1.807, 2.05) is 4.90 Å². The summed E-state index contributed by atoms with van der Waals surface area (Å²) >= 11 is 0. The Morgan fingerprint density at radius 3 is 2.61 bits per heavy atom. The molecule has 0 aromatic heterocycles. The van der Waals surface area contributed by atoms with Crippen LogP contribution in [0, 0.1) is 23.0 Å². The summed E-state index contributed by atoms with van der Waals surface area (Å²) in [6, 6.07) is 6.10. The fourth-order valence-corrected chi connectivity index (χ4v) is 2.54. The van der Waals surface area contributed by atoms with Crippen molar-refractivity contribution in [3.63, 3.8) is 0 Å². The molecule has 1 fully saturated rings. The molecule has 1 saturated carbocycles. The highest BCUT2D eigenvalue weighted by Gasteiger charge is 2.23. The van der Waals surface area contributed by atoms with Crippen molar-refractivity contribution in [3.05, 3.63) is 35.4 Å². The summed E-state index contributed by atoms with van der Waals surface area (Å²) in [7, 11) is 0. The zero-order valence-electron chi connectivity index (χ0n) is 10.2. The Hall–Kier alpha value is -1.47. The molecule has 0 radical (unpaired) electrons. The van der Waals surface area contributed by atoms with Crippen LogP contribution in [0.2, 0.25) is 0 Å². The summed E-state index contributed by atoms with van der Waals surface area (Å²) in [5.41, 5.74) is 0.457. The lowest BCUT2D eigenvalue weighted by atomic mass is 10.1. The maximum absolute atomic E-state index is 13.6. The predicted octanol–water partition coefficient (Wildman–Crippen LogP) is 3.23. The molecule has 4 heteroatoms. The van der Waals surface area contributed by atoms with Crippen molar-refractivity contribution in [1.82, 2.24) is 4.90 Å². The van der Waals surface area contributed by atoms with Crippen LogP contribution in [0.4, 0.5) is 8.78 Å². The number of nitrogens with zero attached hydrogens (tertiary/aromatic N) is 2. The molecule has 0 amide bonds. The van der Waals surface area contributed by atoms with Gasteiger partial charge in [-0.3, -0.25) is 4.90 Å². The van der Waals surface area contributed by atoms with E-state index in [-0.39, 0.29) is 0 Å². The Bertz CT molecular complexity index is 448. The van der Waals surface area contributed by atoms with Crippen molar-refractivity contribution >= 4 is 0 Å². The summed E-state index contributed by atoms with van der Waals surface area (Å²) in [5, 5.41) is 8.84. The number of benzene rings is 1. The normalized spacial score (nSPS) is 16.1. The first-order chi connectivity index (χ1) is 8.70. The Morgan fingerprint density at radius 2 is 2.00 bits per heavy atom. The van der Waals surface area contributed by atoms with Gasteiger partial charge in [-0.2, -0.15) is 5.26 Å².